The molecule has 0 bridgehead atoms. The van der Waals surface area contributed by atoms with Gasteiger partial charge in [0.25, 0.3) is 0 Å². The Kier molecular flexibility index (Phi) is 6.63. The van der Waals surface area contributed by atoms with E-state index in [4.69, 9.17) is 4.52 Å². The molecule has 0 spiro atoms. The molecule has 0 saturated carbocycles. The van der Waals surface area contributed by atoms with Gasteiger partial charge in [0.15, 0.2) is 11.0 Å². The van der Waals surface area contributed by atoms with Crippen LogP contribution < -0.4 is 4.74 Å². The standard InChI is InChI=1S/C20H23F2N5O2S/c1-14-11-17(29-25-14)13-30-20-24-23-18(12-26-9-3-2-4-10-26)27(20)15-5-7-16(8-6-15)28-19(21)22/h5-8,11,19H,2-4,9-10,12-13H2,1H3. The van der Waals surface area contributed by atoms with Crippen molar-refractivity contribution in [2.75, 3.05) is 13.1 Å². The van der Waals surface area contributed by atoms with Gasteiger partial charge < -0.3 is 9.26 Å². The molecule has 0 unspecified atom stereocenters. The molecule has 0 amide bonds. The van der Waals surface area contributed by atoms with Crippen LogP contribution in [0.25, 0.3) is 5.69 Å². The summed E-state index contributed by atoms with van der Waals surface area (Å²) in [4.78, 5) is 2.37. The molecule has 1 aliphatic rings. The molecule has 0 atom stereocenters. The van der Waals surface area contributed by atoms with E-state index in [1.54, 1.807) is 12.1 Å². The first-order valence-electron chi connectivity index (χ1n) is 9.85. The maximum Gasteiger partial charge on any atom is 0.387 e. The fourth-order valence-electron chi connectivity index (χ4n) is 3.47. The first-order valence-corrected chi connectivity index (χ1v) is 10.8. The molecular formula is C20H23F2N5O2S. The fourth-order valence-corrected chi connectivity index (χ4v) is 4.32. The van der Waals surface area contributed by atoms with Crippen molar-refractivity contribution in [1.29, 1.82) is 0 Å². The number of aromatic nitrogens is 4. The molecule has 160 valence electrons. The molecule has 10 heteroatoms. The Labute approximate surface area is 177 Å². The van der Waals surface area contributed by atoms with Gasteiger partial charge in [0, 0.05) is 11.8 Å². The highest BCUT2D eigenvalue weighted by molar-refractivity contribution is 7.98. The van der Waals surface area contributed by atoms with Gasteiger partial charge in [0.05, 0.1) is 18.0 Å². The first-order chi connectivity index (χ1) is 14.6. The predicted octanol–water partition coefficient (Wildman–Crippen LogP) is 4.44. The van der Waals surface area contributed by atoms with Gasteiger partial charge in [0.1, 0.15) is 11.5 Å². The van der Waals surface area contributed by atoms with Crippen LogP contribution in [0.15, 0.2) is 40.0 Å². The Bertz CT molecular complexity index is 955. The number of aryl methyl sites for hydroxylation is 1. The van der Waals surface area contributed by atoms with Crippen LogP contribution in [-0.4, -0.2) is 44.5 Å². The maximum absolute atomic E-state index is 12.5. The van der Waals surface area contributed by atoms with Gasteiger partial charge in [-0.3, -0.25) is 9.47 Å². The Morgan fingerprint density at radius 3 is 2.57 bits per heavy atom. The summed E-state index contributed by atoms with van der Waals surface area (Å²) in [5.74, 6) is 2.25. The number of likely N-dealkylation sites (tertiary alicyclic amines) is 1. The Balaban J connectivity index is 1.58. The zero-order valence-corrected chi connectivity index (χ0v) is 17.4. The van der Waals surface area contributed by atoms with Crippen molar-refractivity contribution in [3.05, 3.63) is 47.6 Å². The number of ether oxygens (including phenoxy) is 1. The lowest BCUT2D eigenvalue weighted by Crippen LogP contribution is -2.30. The average Bonchev–Trinajstić information content (AvgIpc) is 3.33. The minimum absolute atomic E-state index is 0.116. The number of thioether (sulfide) groups is 1. The number of rotatable bonds is 8. The molecule has 30 heavy (non-hydrogen) atoms. The second kappa shape index (κ2) is 9.57. The third-order valence-corrected chi connectivity index (χ3v) is 5.81. The van der Waals surface area contributed by atoms with E-state index in [2.05, 4.69) is 25.0 Å². The van der Waals surface area contributed by atoms with Crippen LogP contribution in [-0.2, 0) is 12.3 Å². The normalized spacial score (nSPS) is 15.1. The number of piperidine rings is 1. The van der Waals surface area contributed by atoms with Gasteiger partial charge in [-0.1, -0.05) is 23.3 Å². The van der Waals surface area contributed by atoms with E-state index < -0.39 is 6.61 Å². The lowest BCUT2D eigenvalue weighted by atomic mass is 10.1. The van der Waals surface area contributed by atoms with Crippen molar-refractivity contribution < 1.29 is 18.0 Å². The molecule has 0 aliphatic carbocycles. The first kappa shape index (κ1) is 20.8. The smallest absolute Gasteiger partial charge is 0.387 e. The summed E-state index contributed by atoms with van der Waals surface area (Å²) in [5, 5.41) is 13.4. The summed E-state index contributed by atoms with van der Waals surface area (Å²) < 4.78 is 36.7. The third-order valence-electron chi connectivity index (χ3n) is 4.85. The van der Waals surface area contributed by atoms with E-state index in [9.17, 15) is 8.78 Å². The lowest BCUT2D eigenvalue weighted by Gasteiger charge is -2.26. The van der Waals surface area contributed by atoms with Crippen LogP contribution in [0.1, 0.15) is 36.5 Å². The Morgan fingerprint density at radius 1 is 1.13 bits per heavy atom. The highest BCUT2D eigenvalue weighted by Gasteiger charge is 2.19. The average molecular weight is 436 g/mol. The van der Waals surface area contributed by atoms with Crippen molar-refractivity contribution in [3.8, 4) is 11.4 Å². The van der Waals surface area contributed by atoms with Crippen molar-refractivity contribution in [3.63, 3.8) is 0 Å². The monoisotopic (exact) mass is 435 g/mol. The molecule has 0 radical (unpaired) electrons. The van der Waals surface area contributed by atoms with Gasteiger partial charge in [-0.2, -0.15) is 8.78 Å². The summed E-state index contributed by atoms with van der Waals surface area (Å²) >= 11 is 1.49. The van der Waals surface area contributed by atoms with E-state index in [1.807, 2.05) is 17.6 Å². The molecule has 1 saturated heterocycles. The second-order valence-electron chi connectivity index (χ2n) is 7.17. The van der Waals surface area contributed by atoms with Crippen LogP contribution in [0.5, 0.6) is 5.75 Å². The molecule has 3 aromatic rings. The number of halogens is 2. The fraction of sp³-hybridized carbons (Fsp3) is 0.450. The molecule has 3 heterocycles. The van der Waals surface area contributed by atoms with E-state index in [-0.39, 0.29) is 5.75 Å². The highest BCUT2D eigenvalue weighted by atomic mass is 32.2. The molecule has 1 fully saturated rings. The summed E-state index contributed by atoms with van der Waals surface area (Å²) in [6.07, 6.45) is 3.62. The number of hydrogen-bond acceptors (Lipinski definition) is 7. The molecule has 0 N–H and O–H groups in total. The van der Waals surface area contributed by atoms with Crippen LogP contribution >= 0.6 is 11.8 Å². The van der Waals surface area contributed by atoms with E-state index >= 15 is 0 Å². The van der Waals surface area contributed by atoms with Gasteiger partial charge in [-0.05, 0) is 57.1 Å². The predicted molar refractivity (Wildman–Crippen MR) is 108 cm³/mol. The number of alkyl halides is 2. The number of benzene rings is 1. The van der Waals surface area contributed by atoms with Gasteiger partial charge in [0.2, 0.25) is 0 Å². The topological polar surface area (TPSA) is 69.2 Å². The largest absolute Gasteiger partial charge is 0.435 e. The van der Waals surface area contributed by atoms with E-state index in [0.29, 0.717) is 17.5 Å². The van der Waals surface area contributed by atoms with Crippen molar-refractivity contribution in [2.24, 2.45) is 0 Å². The van der Waals surface area contributed by atoms with Crippen LogP contribution in [0.3, 0.4) is 0 Å². The zero-order valence-electron chi connectivity index (χ0n) is 16.6. The zero-order chi connectivity index (χ0) is 20.9. The van der Waals surface area contributed by atoms with Gasteiger partial charge in [-0.25, -0.2) is 0 Å². The molecule has 4 rings (SSSR count). The van der Waals surface area contributed by atoms with Crippen LogP contribution in [0.4, 0.5) is 8.78 Å². The summed E-state index contributed by atoms with van der Waals surface area (Å²) in [6.45, 7) is 1.78. The summed E-state index contributed by atoms with van der Waals surface area (Å²) in [5.41, 5.74) is 1.62. The SMILES string of the molecule is Cc1cc(CSc2nnc(CN3CCCCC3)n2-c2ccc(OC(F)F)cc2)on1. The quantitative estimate of drug-likeness (QED) is 0.485. The van der Waals surface area contributed by atoms with Gasteiger partial charge >= 0.3 is 6.61 Å². The Morgan fingerprint density at radius 2 is 1.90 bits per heavy atom. The van der Waals surface area contributed by atoms with Crippen molar-refractivity contribution in [2.45, 2.75) is 50.3 Å². The molecule has 2 aromatic heterocycles. The third kappa shape index (κ3) is 5.17. The second-order valence-corrected chi connectivity index (χ2v) is 8.11. The van der Waals surface area contributed by atoms with E-state index in [0.717, 1.165) is 36.1 Å². The van der Waals surface area contributed by atoms with E-state index in [1.165, 1.54) is 43.2 Å². The molecule has 7 nitrogen and oxygen atoms in total. The number of hydrogen-bond donors (Lipinski definition) is 0. The van der Waals surface area contributed by atoms with Crippen molar-refractivity contribution in [1.82, 2.24) is 24.8 Å². The maximum atomic E-state index is 12.5. The van der Waals surface area contributed by atoms with Crippen LogP contribution in [0, 0.1) is 6.92 Å². The lowest BCUT2D eigenvalue weighted by molar-refractivity contribution is -0.0498. The summed E-state index contributed by atoms with van der Waals surface area (Å²) in [7, 11) is 0. The molecular weight excluding hydrogens is 412 g/mol. The number of nitrogens with zero attached hydrogens (tertiary/aromatic N) is 5. The van der Waals surface area contributed by atoms with Crippen molar-refractivity contribution >= 4 is 11.8 Å². The Hall–Kier alpha value is -2.46. The minimum atomic E-state index is -2.85. The molecule has 1 aromatic carbocycles. The minimum Gasteiger partial charge on any atom is -0.435 e. The van der Waals surface area contributed by atoms with Crippen LogP contribution in [0.2, 0.25) is 0 Å². The highest BCUT2D eigenvalue weighted by Crippen LogP contribution is 2.28. The van der Waals surface area contributed by atoms with Gasteiger partial charge in [-0.15, -0.1) is 10.2 Å². The summed E-state index contributed by atoms with van der Waals surface area (Å²) in [6, 6.07) is 8.42. The molecule has 1 aliphatic heterocycles.